The molecule has 1 aliphatic heterocycles. The average Bonchev–Trinajstić information content (AvgIpc) is 3.35. The van der Waals surface area contributed by atoms with Crippen molar-refractivity contribution in [3.63, 3.8) is 0 Å². The van der Waals surface area contributed by atoms with Crippen molar-refractivity contribution in [1.82, 2.24) is 20.4 Å². The van der Waals surface area contributed by atoms with Crippen molar-refractivity contribution in [3.05, 3.63) is 46.9 Å². The molecule has 1 amide bonds. The Kier molecular flexibility index (Phi) is 4.98. The van der Waals surface area contributed by atoms with Crippen LogP contribution in [0.3, 0.4) is 0 Å². The number of pyridine rings is 2. The summed E-state index contributed by atoms with van der Waals surface area (Å²) < 4.78 is 5.36. The number of nitrogens with one attached hydrogen (secondary N) is 1. The summed E-state index contributed by atoms with van der Waals surface area (Å²) in [6.45, 7) is 8.42. The summed E-state index contributed by atoms with van der Waals surface area (Å²) in [5, 5.41) is 7.85. The predicted octanol–water partition coefficient (Wildman–Crippen LogP) is 3.58. The molecule has 146 valence electrons. The lowest BCUT2D eigenvalue weighted by atomic mass is 10.0. The fraction of sp³-hybridized carbons (Fsp3) is 0.429. The zero-order chi connectivity index (χ0) is 19.7. The van der Waals surface area contributed by atoms with Gasteiger partial charge < -0.3 is 14.7 Å². The van der Waals surface area contributed by atoms with Crippen molar-refractivity contribution in [2.75, 3.05) is 18.0 Å². The van der Waals surface area contributed by atoms with Gasteiger partial charge in [0.25, 0.3) is 11.6 Å². The Morgan fingerprint density at radius 1 is 1.29 bits per heavy atom. The largest absolute Gasteiger partial charge is 0.357 e. The predicted molar refractivity (Wildman–Crippen MR) is 107 cm³/mol. The standard InChI is InChI=1S/C21H25N5O2/c1-13(2)19-18-16(10-14(3)24-21(18)28-25-19)20(27)23-12-15-6-7-22-17(11-15)26-8-4-5-9-26/h6-7,10-11,13H,4-5,8-9,12H2,1-3H3,(H,23,27). The topological polar surface area (TPSA) is 84.2 Å². The third kappa shape index (κ3) is 3.56. The van der Waals surface area contributed by atoms with Crippen LogP contribution in [-0.4, -0.2) is 34.1 Å². The molecule has 1 fully saturated rings. The first-order valence-electron chi connectivity index (χ1n) is 9.78. The molecule has 3 aromatic rings. The Morgan fingerprint density at radius 2 is 2.07 bits per heavy atom. The molecule has 4 heterocycles. The summed E-state index contributed by atoms with van der Waals surface area (Å²) in [4.78, 5) is 24.1. The molecule has 28 heavy (non-hydrogen) atoms. The molecule has 1 aliphatic rings. The van der Waals surface area contributed by atoms with E-state index in [1.54, 1.807) is 12.3 Å². The van der Waals surface area contributed by atoms with Gasteiger partial charge in [-0.25, -0.2) is 9.97 Å². The Hall–Kier alpha value is -2.96. The number of fused-ring (bicyclic) bond motifs is 1. The molecule has 0 saturated carbocycles. The summed E-state index contributed by atoms with van der Waals surface area (Å²) in [6.07, 6.45) is 4.22. The monoisotopic (exact) mass is 379 g/mol. The molecule has 0 spiro atoms. The molecule has 0 bridgehead atoms. The number of nitrogens with zero attached hydrogens (tertiary/aromatic N) is 4. The molecule has 0 atom stereocenters. The number of aryl methyl sites for hydroxylation is 1. The number of anilines is 1. The van der Waals surface area contributed by atoms with E-state index in [0.29, 0.717) is 23.2 Å². The van der Waals surface area contributed by atoms with Crippen molar-refractivity contribution in [3.8, 4) is 0 Å². The quantitative estimate of drug-likeness (QED) is 0.729. The minimum atomic E-state index is -0.153. The Labute approximate surface area is 164 Å². The van der Waals surface area contributed by atoms with Gasteiger partial charge in [0.1, 0.15) is 5.82 Å². The summed E-state index contributed by atoms with van der Waals surface area (Å²) in [6, 6.07) is 5.78. The molecule has 0 aromatic carbocycles. The van der Waals surface area contributed by atoms with Gasteiger partial charge in [0, 0.05) is 31.5 Å². The van der Waals surface area contributed by atoms with Gasteiger partial charge in [0.2, 0.25) is 0 Å². The highest BCUT2D eigenvalue weighted by atomic mass is 16.5. The molecule has 1 saturated heterocycles. The summed E-state index contributed by atoms with van der Waals surface area (Å²) in [7, 11) is 0. The van der Waals surface area contributed by atoms with Crippen molar-refractivity contribution in [2.45, 2.75) is 46.1 Å². The van der Waals surface area contributed by atoms with E-state index >= 15 is 0 Å². The van der Waals surface area contributed by atoms with Gasteiger partial charge in [0.05, 0.1) is 16.6 Å². The summed E-state index contributed by atoms with van der Waals surface area (Å²) in [5.74, 6) is 0.966. The van der Waals surface area contributed by atoms with E-state index in [2.05, 4.69) is 31.4 Å². The number of hydrogen-bond acceptors (Lipinski definition) is 6. The second-order valence-corrected chi connectivity index (χ2v) is 7.61. The van der Waals surface area contributed by atoms with Crippen molar-refractivity contribution in [2.24, 2.45) is 0 Å². The molecule has 7 heteroatoms. The van der Waals surface area contributed by atoms with Crippen LogP contribution in [0.1, 0.15) is 59.9 Å². The Balaban J connectivity index is 1.56. The molecule has 4 rings (SSSR count). The van der Waals surface area contributed by atoms with E-state index < -0.39 is 0 Å². The zero-order valence-electron chi connectivity index (χ0n) is 16.5. The molecular weight excluding hydrogens is 354 g/mol. The molecule has 3 aromatic heterocycles. The van der Waals surface area contributed by atoms with Crippen molar-refractivity contribution in [1.29, 1.82) is 0 Å². The van der Waals surface area contributed by atoms with Crippen LogP contribution in [0, 0.1) is 6.92 Å². The van der Waals surface area contributed by atoms with E-state index in [-0.39, 0.29) is 11.8 Å². The van der Waals surface area contributed by atoms with Gasteiger partial charge in [-0.1, -0.05) is 19.0 Å². The lowest BCUT2D eigenvalue weighted by Crippen LogP contribution is -2.24. The van der Waals surface area contributed by atoms with Crippen LogP contribution in [0.4, 0.5) is 5.82 Å². The molecule has 7 nitrogen and oxygen atoms in total. The summed E-state index contributed by atoms with van der Waals surface area (Å²) >= 11 is 0. The molecular formula is C21H25N5O2. The normalized spacial score (nSPS) is 14.2. The lowest BCUT2D eigenvalue weighted by Gasteiger charge is -2.17. The molecule has 0 aliphatic carbocycles. The lowest BCUT2D eigenvalue weighted by molar-refractivity contribution is 0.0952. The zero-order valence-corrected chi connectivity index (χ0v) is 16.5. The minimum Gasteiger partial charge on any atom is -0.357 e. The van der Waals surface area contributed by atoms with E-state index in [1.807, 2.05) is 26.8 Å². The van der Waals surface area contributed by atoms with Crippen LogP contribution in [0.2, 0.25) is 0 Å². The maximum Gasteiger partial charge on any atom is 0.259 e. The van der Waals surface area contributed by atoms with Crippen molar-refractivity contribution < 1.29 is 9.32 Å². The van der Waals surface area contributed by atoms with Gasteiger partial charge in [0.15, 0.2) is 0 Å². The Bertz CT molecular complexity index is 1010. The third-order valence-electron chi connectivity index (χ3n) is 5.09. The fourth-order valence-electron chi connectivity index (χ4n) is 3.64. The first-order valence-corrected chi connectivity index (χ1v) is 9.78. The van der Waals surface area contributed by atoms with E-state index in [4.69, 9.17) is 4.52 Å². The summed E-state index contributed by atoms with van der Waals surface area (Å²) in [5.41, 5.74) is 3.48. The number of rotatable bonds is 5. The molecule has 0 radical (unpaired) electrons. The van der Waals surface area contributed by atoms with E-state index in [9.17, 15) is 4.79 Å². The number of hydrogen-bond donors (Lipinski definition) is 1. The first kappa shape index (κ1) is 18.4. The SMILES string of the molecule is Cc1cc(C(=O)NCc2ccnc(N3CCCC3)c2)c2c(C(C)C)noc2n1. The number of amides is 1. The smallest absolute Gasteiger partial charge is 0.259 e. The van der Waals surface area contributed by atoms with Crippen LogP contribution < -0.4 is 10.2 Å². The third-order valence-corrected chi connectivity index (χ3v) is 5.09. The van der Waals surface area contributed by atoms with E-state index in [1.165, 1.54) is 12.8 Å². The second-order valence-electron chi connectivity index (χ2n) is 7.61. The minimum absolute atomic E-state index is 0.139. The average molecular weight is 379 g/mol. The number of carbonyl (C=O) groups is 1. The second kappa shape index (κ2) is 7.58. The van der Waals surface area contributed by atoms with Crippen LogP contribution in [0.25, 0.3) is 11.1 Å². The van der Waals surface area contributed by atoms with E-state index in [0.717, 1.165) is 35.9 Å². The highest BCUT2D eigenvalue weighted by molar-refractivity contribution is 6.06. The van der Waals surface area contributed by atoms with Crippen LogP contribution in [0.15, 0.2) is 28.9 Å². The van der Waals surface area contributed by atoms with Crippen LogP contribution >= 0.6 is 0 Å². The fourth-order valence-corrected chi connectivity index (χ4v) is 3.64. The Morgan fingerprint density at radius 3 is 2.82 bits per heavy atom. The van der Waals surface area contributed by atoms with Gasteiger partial charge in [-0.3, -0.25) is 4.79 Å². The van der Waals surface area contributed by atoms with Crippen molar-refractivity contribution >= 4 is 22.8 Å². The maximum absolute atomic E-state index is 13.0. The van der Waals surface area contributed by atoms with Gasteiger partial charge >= 0.3 is 0 Å². The van der Waals surface area contributed by atoms with Crippen LogP contribution in [-0.2, 0) is 6.54 Å². The highest BCUT2D eigenvalue weighted by Crippen LogP contribution is 2.27. The van der Waals surface area contributed by atoms with Gasteiger partial charge in [-0.2, -0.15) is 0 Å². The number of aromatic nitrogens is 3. The maximum atomic E-state index is 13.0. The van der Waals surface area contributed by atoms with Gasteiger partial charge in [-0.05, 0) is 49.4 Å². The van der Waals surface area contributed by atoms with Crippen LogP contribution in [0.5, 0.6) is 0 Å². The first-order chi connectivity index (χ1) is 13.5. The molecule has 1 N–H and O–H groups in total. The highest BCUT2D eigenvalue weighted by Gasteiger charge is 2.21. The number of carbonyl (C=O) groups excluding carboxylic acids is 1. The van der Waals surface area contributed by atoms with Gasteiger partial charge in [-0.15, -0.1) is 0 Å². The molecule has 0 unspecified atom stereocenters.